The number of carbonyl (C=O) groups is 1. The second-order valence-corrected chi connectivity index (χ2v) is 9.37. The van der Waals surface area contributed by atoms with Crippen molar-refractivity contribution < 1.29 is 9.53 Å². The second-order valence-electron chi connectivity index (χ2n) is 6.96. The van der Waals surface area contributed by atoms with Gasteiger partial charge in [-0.05, 0) is 30.7 Å². The van der Waals surface area contributed by atoms with Crippen LogP contribution in [0.15, 0.2) is 53.3 Å². The topological polar surface area (TPSA) is 74.1 Å². The summed E-state index contributed by atoms with van der Waals surface area (Å²) in [5, 5.41) is 4.02. The van der Waals surface area contributed by atoms with E-state index in [1.807, 2.05) is 37.3 Å². The number of benzene rings is 2. The van der Waals surface area contributed by atoms with E-state index >= 15 is 0 Å². The van der Waals surface area contributed by atoms with E-state index in [0.29, 0.717) is 30.5 Å². The van der Waals surface area contributed by atoms with Gasteiger partial charge < -0.3 is 4.74 Å². The number of rotatable bonds is 6. The Kier molecular flexibility index (Phi) is 6.64. The van der Waals surface area contributed by atoms with Gasteiger partial charge in [-0.1, -0.05) is 58.1 Å². The molecule has 6 nitrogen and oxygen atoms in total. The third-order valence-corrected chi connectivity index (χ3v) is 6.76. The van der Waals surface area contributed by atoms with Crippen LogP contribution in [0.2, 0.25) is 4.34 Å². The van der Waals surface area contributed by atoms with Gasteiger partial charge in [-0.25, -0.2) is 0 Å². The van der Waals surface area contributed by atoms with Crippen molar-refractivity contribution in [3.63, 3.8) is 0 Å². The van der Waals surface area contributed by atoms with Gasteiger partial charge in [0.15, 0.2) is 5.78 Å². The van der Waals surface area contributed by atoms with Crippen LogP contribution in [0.3, 0.4) is 0 Å². The fourth-order valence-electron chi connectivity index (χ4n) is 3.18. The molecular formula is C23H18ClN3O3S2. The van der Waals surface area contributed by atoms with E-state index in [4.69, 9.17) is 16.3 Å². The third-order valence-electron chi connectivity index (χ3n) is 4.72. The van der Waals surface area contributed by atoms with Crippen molar-refractivity contribution in [3.8, 4) is 5.75 Å². The molecule has 162 valence electrons. The summed E-state index contributed by atoms with van der Waals surface area (Å²) < 4.78 is 12.1. The molecule has 0 N–H and O–H groups in total. The van der Waals surface area contributed by atoms with Crippen molar-refractivity contribution in [2.24, 2.45) is 0 Å². The van der Waals surface area contributed by atoms with Gasteiger partial charge in [0.05, 0.1) is 23.8 Å². The quantitative estimate of drug-likeness (QED) is 0.393. The molecule has 0 aliphatic heterocycles. The molecule has 0 aliphatic carbocycles. The molecule has 0 saturated heterocycles. The molecule has 0 aliphatic rings. The molecule has 0 radical (unpaired) electrons. The zero-order valence-corrected chi connectivity index (χ0v) is 19.6. The van der Waals surface area contributed by atoms with Crippen LogP contribution in [-0.4, -0.2) is 27.0 Å². The highest BCUT2D eigenvalue weighted by Crippen LogP contribution is 2.19. The van der Waals surface area contributed by atoms with E-state index in [-0.39, 0.29) is 17.9 Å². The van der Waals surface area contributed by atoms with Gasteiger partial charge >= 0.3 is 0 Å². The average Bonchev–Trinajstić information content (AvgIpc) is 3.32. The van der Waals surface area contributed by atoms with Crippen LogP contribution in [-0.2, 0) is 6.54 Å². The lowest BCUT2D eigenvalue weighted by molar-refractivity contribution is 0.105. The van der Waals surface area contributed by atoms with Crippen LogP contribution in [0.4, 0.5) is 0 Å². The fourth-order valence-corrected chi connectivity index (χ4v) is 4.84. The Morgan fingerprint density at radius 3 is 2.75 bits per heavy atom. The standard InChI is InChI=1S/C23H18ClN3O3S2/c1-14-6-5-7-15(10-14)11-20-23(29)27(13-17-22(24)32-26-25-17)21(31-20)12-18(28)16-8-3-4-9-19(16)30-2/h3-12H,13H2,1-2H3. The lowest BCUT2D eigenvalue weighted by Gasteiger charge is -2.04. The van der Waals surface area contributed by atoms with Crippen molar-refractivity contribution in [1.29, 1.82) is 0 Å². The first-order chi connectivity index (χ1) is 15.5. The van der Waals surface area contributed by atoms with E-state index in [9.17, 15) is 9.59 Å². The summed E-state index contributed by atoms with van der Waals surface area (Å²) in [6, 6.07) is 14.8. The largest absolute Gasteiger partial charge is 0.496 e. The highest BCUT2D eigenvalue weighted by molar-refractivity contribution is 7.10. The van der Waals surface area contributed by atoms with Crippen molar-refractivity contribution >= 4 is 52.4 Å². The van der Waals surface area contributed by atoms with Crippen LogP contribution in [0.25, 0.3) is 12.2 Å². The predicted molar refractivity (Wildman–Crippen MR) is 128 cm³/mol. The lowest BCUT2D eigenvalue weighted by atomic mass is 10.1. The first-order valence-corrected chi connectivity index (χ1v) is 11.6. The molecule has 0 amide bonds. The molecular weight excluding hydrogens is 466 g/mol. The van der Waals surface area contributed by atoms with Crippen LogP contribution in [0.1, 0.15) is 27.2 Å². The minimum Gasteiger partial charge on any atom is -0.496 e. The summed E-state index contributed by atoms with van der Waals surface area (Å²) in [7, 11) is 1.51. The predicted octanol–water partition coefficient (Wildman–Crippen LogP) is 3.27. The van der Waals surface area contributed by atoms with Gasteiger partial charge in [0.2, 0.25) is 0 Å². The molecule has 4 rings (SSSR count). The summed E-state index contributed by atoms with van der Waals surface area (Å²) >= 11 is 8.46. The maximum atomic E-state index is 13.3. The molecule has 0 bridgehead atoms. The van der Waals surface area contributed by atoms with Crippen LogP contribution in [0.5, 0.6) is 5.75 Å². The van der Waals surface area contributed by atoms with E-state index in [1.165, 1.54) is 29.1 Å². The van der Waals surface area contributed by atoms with Gasteiger partial charge in [0.1, 0.15) is 20.4 Å². The number of thiazole rings is 1. The summed E-state index contributed by atoms with van der Waals surface area (Å²) in [4.78, 5) is 26.3. The third kappa shape index (κ3) is 4.72. The smallest absolute Gasteiger partial charge is 0.269 e. The summed E-state index contributed by atoms with van der Waals surface area (Å²) in [6.07, 6.45) is 3.27. The van der Waals surface area contributed by atoms with Gasteiger partial charge in [-0.3, -0.25) is 14.2 Å². The molecule has 0 saturated carbocycles. The highest BCUT2D eigenvalue weighted by Gasteiger charge is 2.14. The number of aryl methyl sites for hydroxylation is 1. The normalized spacial score (nSPS) is 12.3. The Morgan fingerprint density at radius 2 is 2.03 bits per heavy atom. The molecule has 32 heavy (non-hydrogen) atoms. The number of Topliss-reactive ketones (excluding diaryl/α,β-unsaturated/α-hetero) is 1. The zero-order valence-electron chi connectivity index (χ0n) is 17.2. The SMILES string of the molecule is COc1ccccc1C(=O)C=c1sc(=Cc2cccc(C)c2)c(=O)n1Cc1nnsc1Cl. The Balaban J connectivity index is 1.88. The Labute approximate surface area is 196 Å². The van der Waals surface area contributed by atoms with Gasteiger partial charge in [0, 0.05) is 17.6 Å². The van der Waals surface area contributed by atoms with Crippen LogP contribution in [0, 0.1) is 6.92 Å². The van der Waals surface area contributed by atoms with Crippen molar-refractivity contribution in [2.45, 2.75) is 13.5 Å². The van der Waals surface area contributed by atoms with Crippen molar-refractivity contribution in [2.75, 3.05) is 7.11 Å². The van der Waals surface area contributed by atoms with Crippen molar-refractivity contribution in [3.05, 3.63) is 94.8 Å². The molecule has 2 aromatic carbocycles. The van der Waals surface area contributed by atoms with E-state index < -0.39 is 0 Å². The molecule has 9 heteroatoms. The Morgan fingerprint density at radius 1 is 1.22 bits per heavy atom. The number of ether oxygens (including phenoxy) is 1. The maximum Gasteiger partial charge on any atom is 0.269 e. The number of aromatic nitrogens is 3. The minimum absolute atomic E-state index is 0.122. The van der Waals surface area contributed by atoms with Crippen LogP contribution < -0.4 is 19.5 Å². The monoisotopic (exact) mass is 483 g/mol. The number of nitrogens with zero attached hydrogens (tertiary/aromatic N) is 3. The molecule has 0 unspecified atom stereocenters. The molecule has 4 aromatic rings. The Hall–Kier alpha value is -3.07. The number of hydrogen-bond donors (Lipinski definition) is 0. The molecule has 2 heterocycles. The number of hydrogen-bond acceptors (Lipinski definition) is 7. The zero-order chi connectivity index (χ0) is 22.7. The van der Waals surface area contributed by atoms with Gasteiger partial charge in [0.25, 0.3) is 5.56 Å². The number of carbonyl (C=O) groups excluding carboxylic acids is 1. The van der Waals surface area contributed by atoms with Gasteiger partial charge in [-0.2, -0.15) is 0 Å². The van der Waals surface area contributed by atoms with Crippen LogP contribution >= 0.6 is 34.5 Å². The van der Waals surface area contributed by atoms with E-state index in [2.05, 4.69) is 9.59 Å². The molecule has 0 atom stereocenters. The first kappa shape index (κ1) is 22.1. The first-order valence-electron chi connectivity index (χ1n) is 9.60. The summed E-state index contributed by atoms with van der Waals surface area (Å²) in [5.74, 6) is 0.208. The second kappa shape index (κ2) is 9.60. The number of methoxy groups -OCH3 is 1. The maximum absolute atomic E-state index is 13.3. The van der Waals surface area contributed by atoms with E-state index in [0.717, 1.165) is 22.7 Å². The van der Waals surface area contributed by atoms with Crippen molar-refractivity contribution in [1.82, 2.24) is 14.2 Å². The summed E-state index contributed by atoms with van der Waals surface area (Å²) in [6.45, 7) is 2.11. The molecule has 0 spiro atoms. The summed E-state index contributed by atoms with van der Waals surface area (Å²) in [5.41, 5.74) is 2.68. The van der Waals surface area contributed by atoms with E-state index in [1.54, 1.807) is 24.3 Å². The average molecular weight is 484 g/mol. The minimum atomic E-state index is -0.262. The lowest BCUT2D eigenvalue weighted by Crippen LogP contribution is -2.32. The fraction of sp³-hybridized carbons (Fsp3) is 0.130. The van der Waals surface area contributed by atoms with Gasteiger partial charge in [-0.15, -0.1) is 16.4 Å². The molecule has 2 aromatic heterocycles. The number of halogens is 1. The number of para-hydroxylation sites is 1. The number of ketones is 1. The Bertz CT molecular complexity index is 1470. The highest BCUT2D eigenvalue weighted by atomic mass is 35.5. The molecule has 0 fully saturated rings.